The molecule has 1 amide bonds. The number of carbonyl (C=O) groups excluding carboxylic acids is 2. The molecule has 0 atom stereocenters. The Morgan fingerprint density at radius 2 is 2.09 bits per heavy atom. The van der Waals surface area contributed by atoms with Gasteiger partial charge in [-0.15, -0.1) is 0 Å². The molecule has 0 unspecified atom stereocenters. The Kier molecular flexibility index (Phi) is 5.20. The molecule has 1 aromatic heterocycles. The molecule has 0 saturated heterocycles. The zero-order valence-corrected chi connectivity index (χ0v) is 11.4. The summed E-state index contributed by atoms with van der Waals surface area (Å²) >= 11 is 0. The van der Waals surface area contributed by atoms with E-state index in [1.165, 1.54) is 12.4 Å². The highest BCUT2D eigenvalue weighted by atomic mass is 16.5. The minimum absolute atomic E-state index is 0.325. The van der Waals surface area contributed by atoms with Gasteiger partial charge in [0.2, 0.25) is 0 Å². The lowest BCUT2D eigenvalue weighted by Crippen LogP contribution is -2.29. The molecule has 7 heteroatoms. The molecule has 0 saturated carbocycles. The zero-order valence-electron chi connectivity index (χ0n) is 11.4. The molecule has 2 rings (SSSR count). The van der Waals surface area contributed by atoms with Crippen molar-refractivity contribution in [1.29, 1.82) is 0 Å². The van der Waals surface area contributed by atoms with E-state index in [2.05, 4.69) is 15.5 Å². The average molecular weight is 298 g/mol. The summed E-state index contributed by atoms with van der Waals surface area (Å²) < 4.78 is 5.06. The van der Waals surface area contributed by atoms with Crippen LogP contribution >= 0.6 is 0 Å². The number of hydrogen-bond donors (Lipinski definition) is 1. The lowest BCUT2D eigenvalue weighted by molar-refractivity contribution is -0.307. The van der Waals surface area contributed by atoms with Crippen molar-refractivity contribution >= 4 is 18.1 Å². The first kappa shape index (κ1) is 15.2. The number of carboxylic acids is 1. The number of carboxylic acid groups (broad SMARTS) is 1. The number of nitrogens with one attached hydrogen (secondary N) is 1. The molecule has 0 bridgehead atoms. The maximum atomic E-state index is 11.8. The van der Waals surface area contributed by atoms with E-state index in [9.17, 15) is 14.7 Å². The van der Waals surface area contributed by atoms with Crippen molar-refractivity contribution in [3.8, 4) is 5.75 Å². The average Bonchev–Trinajstić information content (AvgIpc) is 2.54. The number of ether oxygens (including phenoxy) is 1. The third-order valence-electron chi connectivity index (χ3n) is 2.56. The molecule has 0 aliphatic carbocycles. The number of pyridine rings is 1. The van der Waals surface area contributed by atoms with Gasteiger partial charge in [-0.05, 0) is 24.3 Å². The normalized spacial score (nSPS) is 10.4. The van der Waals surface area contributed by atoms with Crippen LogP contribution in [0.25, 0.3) is 0 Å². The van der Waals surface area contributed by atoms with Crippen molar-refractivity contribution in [2.24, 2.45) is 5.10 Å². The number of aromatic nitrogens is 1. The number of hydrogen-bond acceptors (Lipinski definition) is 6. The topological polar surface area (TPSA) is 104 Å². The highest BCUT2D eigenvalue weighted by Gasteiger charge is 2.04. The monoisotopic (exact) mass is 298 g/mol. The van der Waals surface area contributed by atoms with Crippen LogP contribution in [0.3, 0.4) is 0 Å². The molecule has 1 N–H and O–H groups in total. The van der Waals surface area contributed by atoms with Crippen molar-refractivity contribution in [1.82, 2.24) is 10.4 Å². The molecule has 2 aromatic rings. The van der Waals surface area contributed by atoms with E-state index in [1.807, 2.05) is 0 Å². The van der Waals surface area contributed by atoms with E-state index in [-0.39, 0.29) is 0 Å². The van der Waals surface area contributed by atoms with Gasteiger partial charge >= 0.3 is 0 Å². The van der Waals surface area contributed by atoms with Gasteiger partial charge in [0.05, 0.1) is 17.7 Å². The Morgan fingerprint density at radius 1 is 1.27 bits per heavy atom. The summed E-state index contributed by atoms with van der Waals surface area (Å²) in [4.78, 5) is 26.0. The van der Waals surface area contributed by atoms with Gasteiger partial charge in [-0.3, -0.25) is 9.78 Å². The summed E-state index contributed by atoms with van der Waals surface area (Å²) in [5.41, 5.74) is 3.25. The fourth-order valence-electron chi connectivity index (χ4n) is 1.58. The van der Waals surface area contributed by atoms with E-state index in [4.69, 9.17) is 4.74 Å². The van der Waals surface area contributed by atoms with Crippen LogP contribution in [-0.4, -0.2) is 29.7 Å². The van der Waals surface area contributed by atoms with Crippen molar-refractivity contribution in [2.45, 2.75) is 0 Å². The highest BCUT2D eigenvalue weighted by Crippen LogP contribution is 2.15. The van der Waals surface area contributed by atoms with E-state index in [0.717, 1.165) is 0 Å². The summed E-state index contributed by atoms with van der Waals surface area (Å²) in [6, 6.07) is 9.93. The Bertz CT molecular complexity index is 686. The van der Waals surface area contributed by atoms with Gasteiger partial charge in [0.1, 0.15) is 12.4 Å². The van der Waals surface area contributed by atoms with Gasteiger partial charge in [-0.2, -0.15) is 5.10 Å². The maximum absolute atomic E-state index is 11.8. The molecule has 1 aromatic carbocycles. The largest absolute Gasteiger partial charge is 0.546 e. The Morgan fingerprint density at radius 3 is 2.82 bits per heavy atom. The second-order valence-electron chi connectivity index (χ2n) is 4.14. The minimum Gasteiger partial charge on any atom is -0.546 e. The van der Waals surface area contributed by atoms with Crippen LogP contribution in [0, 0.1) is 0 Å². The molecule has 0 radical (unpaired) electrons. The number of nitrogens with zero attached hydrogens (tertiary/aromatic N) is 2. The van der Waals surface area contributed by atoms with E-state index in [0.29, 0.717) is 16.9 Å². The first-order chi connectivity index (χ1) is 10.7. The number of para-hydroxylation sites is 1. The number of hydrazone groups is 1. The Balaban J connectivity index is 2.01. The van der Waals surface area contributed by atoms with Gasteiger partial charge in [-0.1, -0.05) is 12.1 Å². The van der Waals surface area contributed by atoms with Gasteiger partial charge in [0, 0.05) is 18.0 Å². The van der Waals surface area contributed by atoms with Gasteiger partial charge in [0.25, 0.3) is 5.91 Å². The van der Waals surface area contributed by atoms with Crippen molar-refractivity contribution < 1.29 is 19.4 Å². The first-order valence-electron chi connectivity index (χ1n) is 6.32. The number of rotatable bonds is 6. The Labute approximate surface area is 126 Å². The zero-order chi connectivity index (χ0) is 15.8. The minimum atomic E-state index is -1.32. The molecule has 1 heterocycles. The molecule has 7 nitrogen and oxygen atoms in total. The maximum Gasteiger partial charge on any atom is 0.272 e. The predicted molar refractivity (Wildman–Crippen MR) is 76.2 cm³/mol. The third-order valence-corrected chi connectivity index (χ3v) is 2.56. The molecule has 22 heavy (non-hydrogen) atoms. The van der Waals surface area contributed by atoms with Crippen LogP contribution < -0.4 is 15.3 Å². The van der Waals surface area contributed by atoms with Crippen LogP contribution in [-0.2, 0) is 4.79 Å². The summed E-state index contributed by atoms with van der Waals surface area (Å²) in [6.45, 7) is -0.563. The van der Waals surface area contributed by atoms with Crippen LogP contribution in [0.15, 0.2) is 53.9 Å². The predicted octanol–water partition coefficient (Wildman–Crippen LogP) is -0.0258. The molecule has 0 aliphatic heterocycles. The van der Waals surface area contributed by atoms with Crippen LogP contribution in [0.4, 0.5) is 0 Å². The molecule has 0 spiro atoms. The van der Waals surface area contributed by atoms with E-state index >= 15 is 0 Å². The number of aliphatic carboxylic acids is 1. The van der Waals surface area contributed by atoms with Crippen molar-refractivity contribution in [3.63, 3.8) is 0 Å². The van der Waals surface area contributed by atoms with Gasteiger partial charge in [-0.25, -0.2) is 5.43 Å². The van der Waals surface area contributed by atoms with Crippen molar-refractivity contribution in [2.75, 3.05) is 6.61 Å². The summed E-state index contributed by atoms with van der Waals surface area (Å²) in [5.74, 6) is -1.40. The SMILES string of the molecule is O=C([O-])COc1ccccc1C=NNC(=O)c1cccnc1. The highest BCUT2D eigenvalue weighted by molar-refractivity contribution is 5.94. The second-order valence-corrected chi connectivity index (χ2v) is 4.14. The number of amides is 1. The lowest BCUT2D eigenvalue weighted by Gasteiger charge is -2.08. The van der Waals surface area contributed by atoms with Crippen LogP contribution in [0.2, 0.25) is 0 Å². The van der Waals surface area contributed by atoms with Gasteiger partial charge < -0.3 is 14.6 Å². The number of carbonyl (C=O) groups is 2. The third kappa shape index (κ3) is 4.41. The van der Waals surface area contributed by atoms with E-state index in [1.54, 1.807) is 42.6 Å². The molecule has 112 valence electrons. The molecular formula is C15H12N3O4-. The molecule has 0 aliphatic rings. The summed E-state index contributed by atoms with van der Waals surface area (Å²) in [7, 11) is 0. The molecule has 0 fully saturated rings. The standard InChI is InChI=1S/C15H13N3O4/c19-14(20)10-22-13-6-2-1-4-11(13)9-17-18-15(21)12-5-3-7-16-8-12/h1-9H,10H2,(H,18,21)(H,19,20)/p-1. The van der Waals surface area contributed by atoms with Crippen LogP contribution in [0.1, 0.15) is 15.9 Å². The molecular weight excluding hydrogens is 286 g/mol. The van der Waals surface area contributed by atoms with Crippen LogP contribution in [0.5, 0.6) is 5.75 Å². The smallest absolute Gasteiger partial charge is 0.272 e. The quantitative estimate of drug-likeness (QED) is 0.596. The van der Waals surface area contributed by atoms with Crippen molar-refractivity contribution in [3.05, 3.63) is 59.9 Å². The fraction of sp³-hybridized carbons (Fsp3) is 0.0667. The second kappa shape index (κ2) is 7.53. The first-order valence-corrected chi connectivity index (χ1v) is 6.32. The lowest BCUT2D eigenvalue weighted by atomic mass is 10.2. The van der Waals surface area contributed by atoms with Gasteiger partial charge in [0.15, 0.2) is 0 Å². The number of benzene rings is 1. The fourth-order valence-corrected chi connectivity index (χ4v) is 1.58. The Hall–Kier alpha value is -3.22. The summed E-state index contributed by atoms with van der Waals surface area (Å²) in [6.07, 6.45) is 4.34. The van der Waals surface area contributed by atoms with E-state index < -0.39 is 18.5 Å². The summed E-state index contributed by atoms with van der Waals surface area (Å²) in [5, 5.41) is 14.2.